The molecule has 142 valence electrons. The van der Waals surface area contributed by atoms with E-state index in [0.29, 0.717) is 0 Å². The van der Waals surface area contributed by atoms with Crippen LogP contribution in [0, 0.1) is 11.8 Å². The van der Waals surface area contributed by atoms with E-state index < -0.39 is 0 Å². The summed E-state index contributed by atoms with van der Waals surface area (Å²) in [4.78, 5) is 17.4. The quantitative estimate of drug-likeness (QED) is 0.901. The van der Waals surface area contributed by atoms with Crippen LogP contribution in [-0.2, 0) is 5.41 Å². The Morgan fingerprint density at radius 1 is 1.12 bits per heavy atom. The normalized spacial score (nSPS) is 28.6. The summed E-state index contributed by atoms with van der Waals surface area (Å²) in [5.74, 6) is 1.47. The molecule has 1 N–H and O–H groups in total. The highest BCUT2D eigenvalue weighted by atomic mass is 16.2. The van der Waals surface area contributed by atoms with Crippen molar-refractivity contribution >= 4 is 6.03 Å². The second-order valence-electron chi connectivity index (χ2n) is 8.91. The van der Waals surface area contributed by atoms with Crippen molar-refractivity contribution in [1.29, 1.82) is 0 Å². The lowest BCUT2D eigenvalue weighted by Crippen LogP contribution is -2.53. The monoisotopic (exact) mass is 355 g/mol. The molecule has 0 spiro atoms. The molecule has 1 aromatic rings. The van der Waals surface area contributed by atoms with Crippen LogP contribution in [-0.4, -0.2) is 55.6 Å². The summed E-state index contributed by atoms with van der Waals surface area (Å²) in [6.45, 7) is 4.87. The van der Waals surface area contributed by atoms with Gasteiger partial charge in [-0.15, -0.1) is 0 Å². The molecule has 2 atom stereocenters. The van der Waals surface area contributed by atoms with E-state index in [1.54, 1.807) is 0 Å². The average molecular weight is 356 g/mol. The largest absolute Gasteiger partial charge is 0.337 e. The Morgan fingerprint density at radius 2 is 1.77 bits per heavy atom. The Balaban J connectivity index is 1.42. The van der Waals surface area contributed by atoms with Crippen LogP contribution in [0.15, 0.2) is 30.3 Å². The number of nitrogens with one attached hydrogen (secondary N) is 1. The van der Waals surface area contributed by atoms with Gasteiger partial charge in [0.2, 0.25) is 0 Å². The number of piperidine rings is 2. The molecule has 2 amide bonds. The number of nitrogens with zero attached hydrogens (tertiary/aromatic N) is 2. The SMILES string of the molecule is CN1CCC(CNC(=O)N2CC3CCCC(C3)C2)(c2ccccc2)CC1. The van der Waals surface area contributed by atoms with E-state index in [-0.39, 0.29) is 11.4 Å². The Kier molecular flexibility index (Phi) is 5.21. The highest BCUT2D eigenvalue weighted by Crippen LogP contribution is 2.36. The maximum atomic E-state index is 12.9. The van der Waals surface area contributed by atoms with Crippen LogP contribution in [0.1, 0.15) is 44.1 Å². The van der Waals surface area contributed by atoms with Gasteiger partial charge in [-0.05, 0) is 69.6 Å². The van der Waals surface area contributed by atoms with Gasteiger partial charge in [-0.2, -0.15) is 0 Å². The summed E-state index contributed by atoms with van der Waals surface area (Å²) in [5.41, 5.74) is 1.46. The number of carbonyl (C=O) groups is 1. The first-order chi connectivity index (χ1) is 12.6. The van der Waals surface area contributed by atoms with E-state index in [1.807, 2.05) is 0 Å². The van der Waals surface area contributed by atoms with Crippen molar-refractivity contribution in [3.05, 3.63) is 35.9 Å². The minimum Gasteiger partial charge on any atom is -0.337 e. The first-order valence-corrected chi connectivity index (χ1v) is 10.4. The van der Waals surface area contributed by atoms with Crippen molar-refractivity contribution in [2.45, 2.75) is 43.9 Å². The molecule has 2 aliphatic heterocycles. The van der Waals surface area contributed by atoms with Crippen LogP contribution in [0.4, 0.5) is 4.79 Å². The zero-order chi connectivity index (χ0) is 18.0. The fraction of sp³-hybridized carbons (Fsp3) is 0.682. The molecule has 1 aromatic carbocycles. The van der Waals surface area contributed by atoms with Crippen LogP contribution < -0.4 is 5.32 Å². The Hall–Kier alpha value is -1.55. The molecule has 3 fully saturated rings. The lowest BCUT2D eigenvalue weighted by atomic mass is 9.72. The molecule has 4 heteroatoms. The van der Waals surface area contributed by atoms with E-state index >= 15 is 0 Å². The van der Waals surface area contributed by atoms with E-state index in [1.165, 1.54) is 31.2 Å². The summed E-state index contributed by atoms with van der Waals surface area (Å²) >= 11 is 0. The number of hydrogen-bond donors (Lipinski definition) is 1. The van der Waals surface area contributed by atoms with Crippen LogP contribution >= 0.6 is 0 Å². The minimum absolute atomic E-state index is 0.0785. The van der Waals surface area contributed by atoms with Crippen molar-refractivity contribution in [2.24, 2.45) is 11.8 Å². The lowest BCUT2D eigenvalue weighted by Gasteiger charge is -2.43. The Morgan fingerprint density at radius 3 is 2.42 bits per heavy atom. The highest BCUT2D eigenvalue weighted by molar-refractivity contribution is 5.74. The molecule has 26 heavy (non-hydrogen) atoms. The summed E-state index contributed by atoms with van der Waals surface area (Å²) in [5, 5.41) is 3.33. The summed E-state index contributed by atoms with van der Waals surface area (Å²) < 4.78 is 0. The topological polar surface area (TPSA) is 35.6 Å². The number of carbonyl (C=O) groups excluding carboxylic acids is 1. The second-order valence-corrected chi connectivity index (χ2v) is 8.91. The molecule has 0 aromatic heterocycles. The Labute approximate surface area is 157 Å². The van der Waals surface area contributed by atoms with E-state index in [4.69, 9.17) is 0 Å². The number of fused-ring (bicyclic) bond motifs is 2. The van der Waals surface area contributed by atoms with Gasteiger partial charge in [-0.3, -0.25) is 0 Å². The van der Waals surface area contributed by atoms with Gasteiger partial charge in [0.15, 0.2) is 0 Å². The maximum absolute atomic E-state index is 12.9. The van der Waals surface area contributed by atoms with Gasteiger partial charge in [0.1, 0.15) is 0 Å². The van der Waals surface area contributed by atoms with E-state index in [0.717, 1.165) is 57.4 Å². The number of likely N-dealkylation sites (tertiary alicyclic amines) is 2. The molecule has 2 heterocycles. The number of benzene rings is 1. The van der Waals surface area contributed by atoms with E-state index in [9.17, 15) is 4.79 Å². The van der Waals surface area contributed by atoms with Gasteiger partial charge < -0.3 is 15.1 Å². The predicted octanol–water partition coefficient (Wildman–Crippen LogP) is 3.48. The molecule has 1 aliphatic carbocycles. The van der Waals surface area contributed by atoms with Crippen molar-refractivity contribution in [3.63, 3.8) is 0 Å². The molecule has 4 nitrogen and oxygen atoms in total. The predicted molar refractivity (Wildman–Crippen MR) is 105 cm³/mol. The van der Waals surface area contributed by atoms with Crippen LogP contribution in [0.5, 0.6) is 0 Å². The molecule has 1 saturated carbocycles. The van der Waals surface area contributed by atoms with Crippen molar-refractivity contribution in [1.82, 2.24) is 15.1 Å². The smallest absolute Gasteiger partial charge is 0.317 e. The van der Waals surface area contributed by atoms with Gasteiger partial charge in [0, 0.05) is 25.0 Å². The van der Waals surface area contributed by atoms with Crippen molar-refractivity contribution < 1.29 is 4.79 Å². The average Bonchev–Trinajstić information content (AvgIpc) is 2.68. The molecular formula is C22H33N3O. The summed E-state index contributed by atoms with van der Waals surface area (Å²) in [7, 11) is 2.19. The summed E-state index contributed by atoms with van der Waals surface area (Å²) in [6, 6.07) is 11.0. The maximum Gasteiger partial charge on any atom is 0.317 e. The Bertz CT molecular complexity index is 597. The van der Waals surface area contributed by atoms with Gasteiger partial charge in [0.05, 0.1) is 0 Å². The number of rotatable bonds is 3. The fourth-order valence-corrected chi connectivity index (χ4v) is 5.36. The zero-order valence-corrected chi connectivity index (χ0v) is 16.1. The van der Waals surface area contributed by atoms with Gasteiger partial charge in [0.25, 0.3) is 0 Å². The molecule has 3 aliphatic rings. The van der Waals surface area contributed by atoms with Crippen LogP contribution in [0.2, 0.25) is 0 Å². The van der Waals surface area contributed by atoms with Gasteiger partial charge >= 0.3 is 6.03 Å². The second kappa shape index (κ2) is 7.59. The molecule has 2 saturated heterocycles. The van der Waals surface area contributed by atoms with Crippen molar-refractivity contribution in [3.8, 4) is 0 Å². The number of amides is 2. The van der Waals surface area contributed by atoms with E-state index in [2.05, 4.69) is 52.5 Å². The molecule has 2 bridgehead atoms. The van der Waals surface area contributed by atoms with Crippen LogP contribution in [0.3, 0.4) is 0 Å². The minimum atomic E-state index is 0.0785. The standard InChI is InChI=1S/C22H33N3O/c1-24-12-10-22(11-13-24,20-8-3-2-4-9-20)17-23-21(26)25-15-18-6-5-7-19(14-18)16-25/h2-4,8-9,18-19H,5-7,10-17H2,1H3,(H,23,26). The molecule has 0 radical (unpaired) electrons. The molecule has 4 rings (SSSR count). The first kappa shape index (κ1) is 17.8. The highest BCUT2D eigenvalue weighted by Gasteiger charge is 2.37. The lowest BCUT2D eigenvalue weighted by molar-refractivity contribution is 0.100. The van der Waals surface area contributed by atoms with Gasteiger partial charge in [-0.1, -0.05) is 36.8 Å². The van der Waals surface area contributed by atoms with Crippen LogP contribution in [0.25, 0.3) is 0 Å². The third kappa shape index (κ3) is 3.75. The first-order valence-electron chi connectivity index (χ1n) is 10.4. The third-order valence-electron chi connectivity index (χ3n) is 7.04. The molecule has 2 unspecified atom stereocenters. The molecular weight excluding hydrogens is 322 g/mol. The number of hydrogen-bond acceptors (Lipinski definition) is 2. The number of urea groups is 1. The summed E-state index contributed by atoms with van der Waals surface area (Å²) in [6.07, 6.45) is 7.53. The van der Waals surface area contributed by atoms with Gasteiger partial charge in [-0.25, -0.2) is 4.79 Å². The van der Waals surface area contributed by atoms with Crippen molar-refractivity contribution in [2.75, 3.05) is 39.8 Å². The zero-order valence-electron chi connectivity index (χ0n) is 16.1. The third-order valence-corrected chi connectivity index (χ3v) is 7.04. The fourth-order valence-electron chi connectivity index (χ4n) is 5.36.